The molecule has 0 unspecified atom stereocenters. The minimum atomic E-state index is 0. The molecule has 0 spiro atoms. The Morgan fingerprint density at radius 3 is 2.45 bits per heavy atom. The number of guanidine groups is 1. The molecule has 29 heavy (non-hydrogen) atoms. The first-order chi connectivity index (χ1) is 13.6. The number of likely N-dealkylation sites (N-methyl/N-ethyl adjacent to an activating group) is 1. The third kappa shape index (κ3) is 7.82. The van der Waals surface area contributed by atoms with Gasteiger partial charge in [-0.15, -0.1) is 24.0 Å². The number of methoxy groups -OCH3 is 3. The quantitative estimate of drug-likeness (QED) is 0.222. The number of rotatable bonds is 10. The fourth-order valence-electron chi connectivity index (χ4n) is 3.37. The number of benzene rings is 1. The molecule has 8 heteroatoms. The summed E-state index contributed by atoms with van der Waals surface area (Å²) >= 11 is 0. The molecule has 0 saturated carbocycles. The lowest BCUT2D eigenvalue weighted by Gasteiger charge is -2.32. The van der Waals surface area contributed by atoms with Gasteiger partial charge in [-0.25, -0.2) is 0 Å². The van der Waals surface area contributed by atoms with Gasteiger partial charge in [0.25, 0.3) is 0 Å². The van der Waals surface area contributed by atoms with E-state index in [0.29, 0.717) is 0 Å². The molecule has 0 radical (unpaired) electrons. The first-order valence-corrected chi connectivity index (χ1v) is 10.1. The van der Waals surface area contributed by atoms with Crippen molar-refractivity contribution < 1.29 is 14.2 Å². The molecule has 1 N–H and O–H groups in total. The second kappa shape index (κ2) is 13.9. The van der Waals surface area contributed by atoms with Gasteiger partial charge in [-0.1, -0.05) is 0 Å². The number of nitrogens with zero attached hydrogens (tertiary/aromatic N) is 3. The average Bonchev–Trinajstić information content (AvgIpc) is 2.72. The predicted molar refractivity (Wildman–Crippen MR) is 129 cm³/mol. The van der Waals surface area contributed by atoms with E-state index in [0.717, 1.165) is 76.2 Å². The van der Waals surface area contributed by atoms with E-state index in [9.17, 15) is 0 Å². The second-order valence-electron chi connectivity index (χ2n) is 7.03. The number of halogens is 1. The Hall–Kier alpha value is -1.26. The summed E-state index contributed by atoms with van der Waals surface area (Å²) in [6.45, 7) is 8.30. The summed E-state index contributed by atoms with van der Waals surface area (Å²) in [6, 6.07) is 4.19. The van der Waals surface area contributed by atoms with Gasteiger partial charge in [0.15, 0.2) is 17.5 Å². The molecular weight excluding hydrogens is 483 g/mol. The Balaban J connectivity index is 0.00000420. The van der Waals surface area contributed by atoms with Gasteiger partial charge in [-0.2, -0.15) is 0 Å². The van der Waals surface area contributed by atoms with E-state index in [4.69, 9.17) is 19.2 Å². The number of aliphatic imine (C=N–C) groups is 1. The summed E-state index contributed by atoms with van der Waals surface area (Å²) in [5.74, 6) is 2.57. The van der Waals surface area contributed by atoms with Crippen LogP contribution in [0.15, 0.2) is 17.1 Å². The standard InChI is InChI=1S/C21H36N4O3.HI/c1-6-22-21(23-9-7-10-24(2)12-13-26-3)25-11-8-17-14-19(27-4)20(28-5)15-18(17)16-25;/h14-15H,6-13,16H2,1-5H3,(H,22,23);1H. The highest BCUT2D eigenvalue weighted by atomic mass is 127. The monoisotopic (exact) mass is 520 g/mol. The van der Waals surface area contributed by atoms with Crippen LogP contribution in [0.3, 0.4) is 0 Å². The number of nitrogens with one attached hydrogen (secondary N) is 1. The largest absolute Gasteiger partial charge is 0.493 e. The van der Waals surface area contributed by atoms with Crippen molar-refractivity contribution in [3.8, 4) is 11.5 Å². The van der Waals surface area contributed by atoms with Gasteiger partial charge in [0.05, 0.1) is 20.8 Å². The Kier molecular flexibility index (Phi) is 12.3. The van der Waals surface area contributed by atoms with Gasteiger partial charge in [0.2, 0.25) is 0 Å². The number of hydrogen-bond acceptors (Lipinski definition) is 5. The van der Waals surface area contributed by atoms with Gasteiger partial charge in [-0.3, -0.25) is 4.99 Å². The summed E-state index contributed by atoms with van der Waals surface area (Å²) in [6.07, 6.45) is 2.00. The summed E-state index contributed by atoms with van der Waals surface area (Å²) in [7, 11) is 7.22. The number of hydrogen-bond donors (Lipinski definition) is 1. The molecule has 166 valence electrons. The third-order valence-corrected chi connectivity index (χ3v) is 4.99. The van der Waals surface area contributed by atoms with Crippen LogP contribution in [0.5, 0.6) is 11.5 Å². The molecule has 1 aliphatic heterocycles. The fourth-order valence-corrected chi connectivity index (χ4v) is 3.37. The zero-order valence-corrected chi connectivity index (χ0v) is 20.8. The molecule has 0 atom stereocenters. The zero-order chi connectivity index (χ0) is 20.4. The van der Waals surface area contributed by atoms with Crippen LogP contribution in [-0.4, -0.2) is 83.5 Å². The second-order valence-corrected chi connectivity index (χ2v) is 7.03. The van der Waals surface area contributed by atoms with Gasteiger partial charge < -0.3 is 29.3 Å². The molecule has 1 aliphatic rings. The van der Waals surface area contributed by atoms with E-state index in [1.165, 1.54) is 11.1 Å². The number of fused-ring (bicyclic) bond motifs is 1. The Morgan fingerprint density at radius 1 is 1.14 bits per heavy atom. The molecule has 1 heterocycles. The Bertz CT molecular complexity index is 643. The molecule has 1 aromatic rings. The summed E-state index contributed by atoms with van der Waals surface area (Å²) in [5.41, 5.74) is 2.60. The van der Waals surface area contributed by atoms with Gasteiger partial charge in [0.1, 0.15) is 0 Å². The summed E-state index contributed by atoms with van der Waals surface area (Å²) in [4.78, 5) is 9.46. The van der Waals surface area contributed by atoms with Gasteiger partial charge in [-0.05, 0) is 56.6 Å². The van der Waals surface area contributed by atoms with E-state index < -0.39 is 0 Å². The fraction of sp³-hybridized carbons (Fsp3) is 0.667. The molecule has 0 amide bonds. The van der Waals surface area contributed by atoms with Gasteiger partial charge >= 0.3 is 0 Å². The molecule has 0 saturated heterocycles. The zero-order valence-electron chi connectivity index (χ0n) is 18.5. The van der Waals surface area contributed by atoms with Crippen molar-refractivity contribution in [2.24, 2.45) is 4.99 Å². The van der Waals surface area contributed by atoms with E-state index in [1.807, 2.05) is 0 Å². The third-order valence-electron chi connectivity index (χ3n) is 4.99. The highest BCUT2D eigenvalue weighted by Crippen LogP contribution is 2.33. The van der Waals surface area contributed by atoms with Crippen molar-refractivity contribution in [2.45, 2.75) is 26.3 Å². The van der Waals surface area contributed by atoms with Crippen LogP contribution in [0, 0.1) is 0 Å². The highest BCUT2D eigenvalue weighted by molar-refractivity contribution is 14.0. The number of ether oxygens (including phenoxy) is 3. The molecule has 0 aromatic heterocycles. The lowest BCUT2D eigenvalue weighted by molar-refractivity contribution is 0.161. The van der Waals surface area contributed by atoms with Crippen molar-refractivity contribution in [1.82, 2.24) is 15.1 Å². The van der Waals surface area contributed by atoms with Crippen molar-refractivity contribution in [3.63, 3.8) is 0 Å². The lowest BCUT2D eigenvalue weighted by atomic mass is 9.99. The highest BCUT2D eigenvalue weighted by Gasteiger charge is 2.21. The van der Waals surface area contributed by atoms with Crippen LogP contribution >= 0.6 is 24.0 Å². The predicted octanol–water partition coefficient (Wildman–Crippen LogP) is 2.61. The lowest BCUT2D eigenvalue weighted by Crippen LogP contribution is -2.44. The maximum Gasteiger partial charge on any atom is 0.194 e. The first kappa shape index (κ1) is 25.8. The minimum Gasteiger partial charge on any atom is -0.493 e. The van der Waals surface area contributed by atoms with E-state index in [1.54, 1.807) is 21.3 Å². The van der Waals surface area contributed by atoms with Crippen LogP contribution in [0.4, 0.5) is 0 Å². The normalized spacial score (nSPS) is 13.7. The van der Waals surface area contributed by atoms with E-state index >= 15 is 0 Å². The maximum absolute atomic E-state index is 5.47. The first-order valence-electron chi connectivity index (χ1n) is 10.1. The van der Waals surface area contributed by atoms with Crippen LogP contribution < -0.4 is 14.8 Å². The van der Waals surface area contributed by atoms with Crippen LogP contribution in [0.25, 0.3) is 0 Å². The SMILES string of the molecule is CCNC(=NCCCN(C)CCOC)N1CCc2cc(OC)c(OC)cc2C1.I. The molecule has 0 bridgehead atoms. The van der Waals surface area contributed by atoms with Gasteiger partial charge in [0, 0.05) is 39.8 Å². The minimum absolute atomic E-state index is 0. The molecule has 0 fully saturated rings. The molecule has 0 aliphatic carbocycles. The Morgan fingerprint density at radius 2 is 1.83 bits per heavy atom. The van der Waals surface area contributed by atoms with E-state index in [2.05, 4.69) is 41.2 Å². The molecular formula is C21H37IN4O3. The topological polar surface area (TPSA) is 58.6 Å². The Labute approximate surface area is 192 Å². The van der Waals surface area contributed by atoms with Crippen LogP contribution in [0.2, 0.25) is 0 Å². The van der Waals surface area contributed by atoms with Crippen molar-refractivity contribution in [3.05, 3.63) is 23.3 Å². The van der Waals surface area contributed by atoms with E-state index in [-0.39, 0.29) is 24.0 Å². The average molecular weight is 520 g/mol. The maximum atomic E-state index is 5.47. The molecule has 1 aromatic carbocycles. The van der Waals surface area contributed by atoms with Crippen molar-refractivity contribution >= 4 is 29.9 Å². The van der Waals surface area contributed by atoms with Crippen molar-refractivity contribution in [2.75, 3.05) is 67.7 Å². The summed E-state index contributed by atoms with van der Waals surface area (Å²) < 4.78 is 16.0. The smallest absolute Gasteiger partial charge is 0.194 e. The molecule has 7 nitrogen and oxygen atoms in total. The van der Waals surface area contributed by atoms with Crippen molar-refractivity contribution in [1.29, 1.82) is 0 Å². The summed E-state index contributed by atoms with van der Waals surface area (Å²) in [5, 5.41) is 3.44. The van der Waals surface area contributed by atoms with Crippen LogP contribution in [0.1, 0.15) is 24.5 Å². The molecule has 2 rings (SSSR count). The van der Waals surface area contributed by atoms with Crippen LogP contribution in [-0.2, 0) is 17.7 Å².